The Morgan fingerprint density at radius 1 is 0.897 bits per heavy atom. The lowest BCUT2D eigenvalue weighted by atomic mass is 9.48. The van der Waals surface area contributed by atoms with Gasteiger partial charge in [0.25, 0.3) is 0 Å². The minimum atomic E-state index is -1.01. The van der Waals surface area contributed by atoms with Crippen LogP contribution in [0.5, 0.6) is 5.75 Å². The lowest BCUT2D eigenvalue weighted by Crippen LogP contribution is -2.48. The zero-order chi connectivity index (χ0) is 27.8. The van der Waals surface area contributed by atoms with Gasteiger partial charge < -0.3 is 14.6 Å². The Kier molecular flexibility index (Phi) is 7.41. The molecule has 6 rings (SSSR count). The normalized spacial score (nSPS) is 25.6. The lowest BCUT2D eigenvalue weighted by molar-refractivity contribution is -0.148. The van der Waals surface area contributed by atoms with Gasteiger partial charge >= 0.3 is 17.9 Å². The molecule has 2 aromatic carbocycles. The number of hydrogen-bond acceptors (Lipinski definition) is 5. The predicted octanol–water partition coefficient (Wildman–Crippen LogP) is 6.95. The third-order valence-corrected chi connectivity index (χ3v) is 8.42. The highest BCUT2D eigenvalue weighted by molar-refractivity contribution is 5.87. The molecule has 0 amide bonds. The minimum Gasteiger partial charge on any atom is -0.481 e. The number of carbonyl (C=O) groups excluding carboxylic acids is 2. The molecule has 39 heavy (non-hydrogen) atoms. The Labute approximate surface area is 230 Å². The first-order valence-electron chi connectivity index (χ1n) is 14.1. The van der Waals surface area contributed by atoms with Crippen LogP contribution in [0.3, 0.4) is 0 Å². The van der Waals surface area contributed by atoms with Gasteiger partial charge in [-0.2, -0.15) is 0 Å². The standard InChI is InChI=1S/C33H38O6/c1-32(2,3)39-31(37)12-6-21-4-7-25(8-5-21)26-9-10-28(38-30(36)13-11-29(34)35)27(17-26)33-18-22-14-23(19-33)16-24(15-22)20-33/h4-10,12,17,22-24H,11,13-16,18-20H2,1-3H3,(H,34,35). The molecule has 0 saturated heterocycles. The smallest absolute Gasteiger partial charge is 0.331 e. The van der Waals surface area contributed by atoms with Crippen molar-refractivity contribution in [2.24, 2.45) is 17.8 Å². The van der Waals surface area contributed by atoms with E-state index in [4.69, 9.17) is 14.6 Å². The first-order valence-corrected chi connectivity index (χ1v) is 14.1. The molecule has 0 heterocycles. The molecule has 4 bridgehead atoms. The molecule has 0 radical (unpaired) electrons. The quantitative estimate of drug-likeness (QED) is 0.226. The summed E-state index contributed by atoms with van der Waals surface area (Å²) in [6.07, 6.45) is 10.1. The maximum Gasteiger partial charge on any atom is 0.331 e. The molecule has 6 heteroatoms. The van der Waals surface area contributed by atoms with Crippen molar-refractivity contribution in [3.63, 3.8) is 0 Å². The van der Waals surface area contributed by atoms with Crippen molar-refractivity contribution in [2.75, 3.05) is 0 Å². The third kappa shape index (κ3) is 6.43. The van der Waals surface area contributed by atoms with E-state index in [0.717, 1.165) is 59.3 Å². The summed E-state index contributed by atoms with van der Waals surface area (Å²) in [5.41, 5.74) is 3.55. The largest absolute Gasteiger partial charge is 0.481 e. The zero-order valence-corrected chi connectivity index (χ0v) is 23.1. The van der Waals surface area contributed by atoms with Gasteiger partial charge in [-0.15, -0.1) is 0 Å². The number of carboxylic acid groups (broad SMARTS) is 1. The monoisotopic (exact) mass is 530 g/mol. The van der Waals surface area contributed by atoms with E-state index in [9.17, 15) is 14.4 Å². The first kappa shape index (κ1) is 27.2. The van der Waals surface area contributed by atoms with E-state index in [0.29, 0.717) is 5.75 Å². The molecule has 2 aromatic rings. The van der Waals surface area contributed by atoms with Gasteiger partial charge in [-0.25, -0.2) is 4.79 Å². The van der Waals surface area contributed by atoms with E-state index < -0.39 is 17.5 Å². The first-order chi connectivity index (χ1) is 18.5. The van der Waals surface area contributed by atoms with E-state index in [2.05, 4.69) is 6.07 Å². The molecule has 4 aliphatic carbocycles. The Morgan fingerprint density at radius 3 is 2.05 bits per heavy atom. The van der Waals surface area contributed by atoms with Gasteiger partial charge in [-0.1, -0.05) is 30.3 Å². The van der Waals surface area contributed by atoms with Crippen LogP contribution in [0.15, 0.2) is 48.5 Å². The van der Waals surface area contributed by atoms with Crippen molar-refractivity contribution in [1.82, 2.24) is 0 Å². The van der Waals surface area contributed by atoms with Gasteiger partial charge in [0.1, 0.15) is 11.4 Å². The number of hydrogen-bond donors (Lipinski definition) is 1. The highest BCUT2D eigenvalue weighted by Crippen LogP contribution is 2.62. The summed E-state index contributed by atoms with van der Waals surface area (Å²) in [4.78, 5) is 35.6. The summed E-state index contributed by atoms with van der Waals surface area (Å²) in [6.45, 7) is 5.52. The van der Waals surface area contributed by atoms with Gasteiger partial charge in [0.05, 0.1) is 12.8 Å². The van der Waals surface area contributed by atoms with Crippen molar-refractivity contribution in [1.29, 1.82) is 0 Å². The maximum atomic E-state index is 12.5. The van der Waals surface area contributed by atoms with Crippen LogP contribution in [-0.2, 0) is 24.5 Å². The number of carboxylic acids is 1. The molecule has 0 aromatic heterocycles. The summed E-state index contributed by atoms with van der Waals surface area (Å²) in [5.74, 6) is 0.878. The van der Waals surface area contributed by atoms with Gasteiger partial charge in [0.15, 0.2) is 0 Å². The van der Waals surface area contributed by atoms with Gasteiger partial charge in [0, 0.05) is 11.6 Å². The molecule has 0 aliphatic heterocycles. The molecule has 0 unspecified atom stereocenters. The van der Waals surface area contributed by atoms with Crippen LogP contribution in [-0.4, -0.2) is 28.6 Å². The number of benzene rings is 2. The molecule has 4 saturated carbocycles. The maximum absolute atomic E-state index is 12.5. The molecule has 0 atom stereocenters. The van der Waals surface area contributed by atoms with Crippen molar-refractivity contribution in [3.05, 3.63) is 59.7 Å². The van der Waals surface area contributed by atoms with Gasteiger partial charge in [-0.3, -0.25) is 9.59 Å². The molecule has 4 fully saturated rings. The molecule has 0 spiro atoms. The van der Waals surface area contributed by atoms with Gasteiger partial charge in [0.2, 0.25) is 0 Å². The van der Waals surface area contributed by atoms with Crippen LogP contribution < -0.4 is 4.74 Å². The van der Waals surface area contributed by atoms with E-state index in [1.54, 1.807) is 6.08 Å². The topological polar surface area (TPSA) is 89.9 Å². The zero-order valence-electron chi connectivity index (χ0n) is 23.1. The number of rotatable bonds is 8. The Morgan fingerprint density at radius 2 is 1.49 bits per heavy atom. The second-order valence-electron chi connectivity index (χ2n) is 12.8. The second kappa shape index (κ2) is 10.6. The summed E-state index contributed by atoms with van der Waals surface area (Å²) < 4.78 is 11.2. The van der Waals surface area contributed by atoms with Crippen LogP contribution in [0.25, 0.3) is 17.2 Å². The van der Waals surface area contributed by atoms with E-state index in [-0.39, 0.29) is 24.2 Å². The summed E-state index contributed by atoms with van der Waals surface area (Å²) >= 11 is 0. The number of ether oxygens (including phenoxy) is 2. The van der Waals surface area contributed by atoms with Crippen LogP contribution >= 0.6 is 0 Å². The van der Waals surface area contributed by atoms with E-state index in [1.165, 1.54) is 25.3 Å². The molecule has 1 N–H and O–H groups in total. The highest BCUT2D eigenvalue weighted by Gasteiger charge is 2.52. The number of esters is 2. The molecule has 6 nitrogen and oxygen atoms in total. The van der Waals surface area contributed by atoms with Gasteiger partial charge in [-0.05, 0) is 117 Å². The Hall–Kier alpha value is -3.41. The minimum absolute atomic E-state index is 0.00324. The van der Waals surface area contributed by atoms with Crippen molar-refractivity contribution >= 4 is 24.0 Å². The molecule has 4 aliphatic rings. The fourth-order valence-corrected chi connectivity index (χ4v) is 7.32. The fraction of sp³-hybridized carbons (Fsp3) is 0.485. The van der Waals surface area contributed by atoms with Crippen molar-refractivity contribution in [2.45, 2.75) is 83.2 Å². The average molecular weight is 531 g/mol. The molecule has 206 valence electrons. The van der Waals surface area contributed by atoms with Crippen LogP contribution in [0, 0.1) is 17.8 Å². The van der Waals surface area contributed by atoms with Crippen LogP contribution in [0.2, 0.25) is 0 Å². The van der Waals surface area contributed by atoms with Crippen molar-refractivity contribution < 1.29 is 29.0 Å². The van der Waals surface area contributed by atoms with E-state index >= 15 is 0 Å². The van der Waals surface area contributed by atoms with Crippen molar-refractivity contribution in [3.8, 4) is 16.9 Å². The summed E-state index contributed by atoms with van der Waals surface area (Å²) in [5, 5.41) is 8.99. The lowest BCUT2D eigenvalue weighted by Gasteiger charge is -2.57. The SMILES string of the molecule is CC(C)(C)OC(=O)C=Cc1ccc(-c2ccc(OC(=O)CCC(=O)O)c(C34CC5CC(CC(C5)C3)C4)c2)cc1. The third-order valence-electron chi connectivity index (χ3n) is 8.42. The fourth-order valence-electron chi connectivity index (χ4n) is 7.32. The highest BCUT2D eigenvalue weighted by atomic mass is 16.6. The van der Waals surface area contributed by atoms with E-state index in [1.807, 2.05) is 57.2 Å². The summed E-state index contributed by atoms with van der Waals surface area (Å²) in [6, 6.07) is 14.1. The molecular formula is C33H38O6. The number of aliphatic carboxylic acids is 1. The summed E-state index contributed by atoms with van der Waals surface area (Å²) in [7, 11) is 0. The second-order valence-corrected chi connectivity index (χ2v) is 12.8. The average Bonchev–Trinajstić information content (AvgIpc) is 2.85. The molecular weight excluding hydrogens is 492 g/mol. The van der Waals surface area contributed by atoms with Crippen LogP contribution in [0.4, 0.5) is 0 Å². The Balaban J connectivity index is 1.41. The number of carbonyl (C=O) groups is 3. The predicted molar refractivity (Wildman–Crippen MR) is 149 cm³/mol. The van der Waals surface area contributed by atoms with Crippen LogP contribution in [0.1, 0.15) is 83.3 Å². The Bertz CT molecular complexity index is 1240.